The number of anilines is 3. The largest absolute Gasteiger partial charge is 0.495 e. The van der Waals surface area contributed by atoms with Crippen molar-refractivity contribution in [2.75, 3.05) is 48.8 Å². The summed E-state index contributed by atoms with van der Waals surface area (Å²) in [5.74, 6) is 0.536. The fourth-order valence-corrected chi connectivity index (χ4v) is 5.08. The molecule has 15 heteroatoms. The van der Waals surface area contributed by atoms with Gasteiger partial charge in [-0.3, -0.25) is 10.2 Å². The van der Waals surface area contributed by atoms with Crippen LogP contribution in [0.15, 0.2) is 54.9 Å². The first-order chi connectivity index (χ1) is 22.3. The van der Waals surface area contributed by atoms with E-state index in [1.165, 1.54) is 29.3 Å². The second-order valence-electron chi connectivity index (χ2n) is 11.7. The van der Waals surface area contributed by atoms with E-state index in [1.807, 2.05) is 30.3 Å². The Labute approximate surface area is 277 Å². The number of urea groups is 1. The fraction of sp³-hybridized carbons (Fsp3) is 0.375. The minimum Gasteiger partial charge on any atom is -0.495 e. The molecule has 0 radical (unpaired) electrons. The van der Waals surface area contributed by atoms with Gasteiger partial charge < -0.3 is 29.7 Å². The Balaban J connectivity index is 1.44. The fourth-order valence-electron chi connectivity index (χ4n) is 4.75. The van der Waals surface area contributed by atoms with E-state index in [4.69, 9.17) is 26.3 Å². The van der Waals surface area contributed by atoms with Gasteiger partial charge in [0, 0.05) is 38.3 Å². The summed E-state index contributed by atoms with van der Waals surface area (Å²) in [7, 11) is 1.47. The lowest BCUT2D eigenvalue weighted by Crippen LogP contribution is -2.48. The molecule has 2 heterocycles. The van der Waals surface area contributed by atoms with Crippen molar-refractivity contribution in [3.8, 4) is 11.8 Å². The Bertz CT molecular complexity index is 1600. The number of methoxy groups -OCH3 is 1. The number of ether oxygens (including phenoxy) is 2. The highest BCUT2D eigenvalue weighted by Gasteiger charge is 2.28. The number of aromatic nitrogens is 2. The van der Waals surface area contributed by atoms with E-state index in [0.717, 1.165) is 16.8 Å². The summed E-state index contributed by atoms with van der Waals surface area (Å²) in [6, 6.07) is 14.1. The topological polar surface area (TPSA) is 173 Å². The summed E-state index contributed by atoms with van der Waals surface area (Å²) in [5.41, 5.74) is 1.52. The molecule has 1 aliphatic heterocycles. The molecule has 1 saturated heterocycles. The number of carbonyl (C=O) groups is 3. The SMILES string of the molecule is COc1cc(CC(Cl)N(Cc2ccc(N3CCN(C(=O)O)CC3)cc2)C(=O)OC(C)(C)C)ccc1NC(=O)Nc1cnc(C#N)cn1. The smallest absolute Gasteiger partial charge is 0.411 e. The van der Waals surface area contributed by atoms with Gasteiger partial charge in [0.25, 0.3) is 0 Å². The van der Waals surface area contributed by atoms with Gasteiger partial charge in [0.2, 0.25) is 0 Å². The molecule has 1 fully saturated rings. The van der Waals surface area contributed by atoms with Crippen molar-refractivity contribution in [3.63, 3.8) is 0 Å². The second-order valence-corrected chi connectivity index (χ2v) is 12.2. The van der Waals surface area contributed by atoms with Gasteiger partial charge in [-0.2, -0.15) is 5.26 Å². The summed E-state index contributed by atoms with van der Waals surface area (Å²) in [6.07, 6.45) is 1.28. The molecule has 0 saturated carbocycles. The van der Waals surface area contributed by atoms with Gasteiger partial charge in [0.05, 0.1) is 31.7 Å². The Hall–Kier alpha value is -5.29. The zero-order chi connectivity index (χ0) is 34.1. The first-order valence-corrected chi connectivity index (χ1v) is 15.2. The zero-order valence-corrected chi connectivity index (χ0v) is 27.3. The Kier molecular flexibility index (Phi) is 11.3. The first-order valence-electron chi connectivity index (χ1n) is 14.8. The van der Waals surface area contributed by atoms with Crippen molar-refractivity contribution < 1.29 is 29.0 Å². The van der Waals surface area contributed by atoms with Crippen LogP contribution in [0.5, 0.6) is 5.75 Å². The maximum atomic E-state index is 13.3. The van der Waals surface area contributed by atoms with Gasteiger partial charge in [-0.25, -0.2) is 24.4 Å². The maximum Gasteiger partial charge on any atom is 0.411 e. The number of nitrogens with one attached hydrogen (secondary N) is 2. The number of carboxylic acid groups (broad SMARTS) is 1. The molecule has 248 valence electrons. The predicted octanol–water partition coefficient (Wildman–Crippen LogP) is 5.35. The van der Waals surface area contributed by atoms with Crippen molar-refractivity contribution >= 4 is 47.0 Å². The third-order valence-corrected chi connectivity index (χ3v) is 7.49. The van der Waals surface area contributed by atoms with Crippen LogP contribution < -0.4 is 20.3 Å². The minimum absolute atomic E-state index is 0.124. The van der Waals surface area contributed by atoms with E-state index in [9.17, 15) is 19.5 Å². The maximum absolute atomic E-state index is 13.3. The van der Waals surface area contributed by atoms with E-state index < -0.39 is 29.3 Å². The van der Waals surface area contributed by atoms with Crippen molar-refractivity contribution in [3.05, 3.63) is 71.7 Å². The molecule has 1 aliphatic rings. The first kappa shape index (κ1) is 34.6. The number of alkyl halides is 1. The van der Waals surface area contributed by atoms with Gasteiger partial charge in [-0.05, 0) is 56.2 Å². The average molecular weight is 665 g/mol. The van der Waals surface area contributed by atoms with Gasteiger partial charge in [0.1, 0.15) is 22.9 Å². The van der Waals surface area contributed by atoms with E-state index in [2.05, 4.69) is 25.5 Å². The Morgan fingerprint density at radius 2 is 1.72 bits per heavy atom. The molecule has 0 bridgehead atoms. The lowest BCUT2D eigenvalue weighted by atomic mass is 10.1. The van der Waals surface area contributed by atoms with E-state index in [0.29, 0.717) is 37.6 Å². The van der Waals surface area contributed by atoms with Crippen molar-refractivity contribution in [2.24, 2.45) is 0 Å². The number of halogens is 1. The molecule has 14 nitrogen and oxygen atoms in total. The van der Waals surface area contributed by atoms with Gasteiger partial charge in [-0.15, -0.1) is 0 Å². The predicted molar refractivity (Wildman–Crippen MR) is 176 cm³/mol. The third-order valence-electron chi connectivity index (χ3n) is 7.10. The average Bonchev–Trinajstić information content (AvgIpc) is 3.04. The van der Waals surface area contributed by atoms with E-state index in [-0.39, 0.29) is 24.5 Å². The van der Waals surface area contributed by atoms with Crippen molar-refractivity contribution in [1.82, 2.24) is 19.8 Å². The van der Waals surface area contributed by atoms with Crippen LogP contribution in [0.25, 0.3) is 0 Å². The number of nitrogens with zero attached hydrogens (tertiary/aromatic N) is 6. The van der Waals surface area contributed by atoms with Crippen LogP contribution in [0.4, 0.5) is 31.6 Å². The highest BCUT2D eigenvalue weighted by molar-refractivity contribution is 6.21. The molecule has 47 heavy (non-hydrogen) atoms. The van der Waals surface area contributed by atoms with Crippen molar-refractivity contribution in [2.45, 2.75) is 44.8 Å². The summed E-state index contributed by atoms with van der Waals surface area (Å²) in [6.45, 7) is 7.58. The summed E-state index contributed by atoms with van der Waals surface area (Å²) in [5, 5.41) is 23.3. The number of hydrogen-bond acceptors (Lipinski definition) is 9. The number of benzene rings is 2. The summed E-state index contributed by atoms with van der Waals surface area (Å²) < 4.78 is 11.2. The van der Waals surface area contributed by atoms with Crippen LogP contribution >= 0.6 is 11.6 Å². The van der Waals surface area contributed by atoms with E-state index >= 15 is 0 Å². The number of carbonyl (C=O) groups excluding carboxylic acids is 2. The molecular formula is C32H37ClN8O6. The Morgan fingerprint density at radius 1 is 1.04 bits per heavy atom. The number of hydrogen-bond donors (Lipinski definition) is 3. The normalized spacial score (nSPS) is 13.6. The molecule has 2 aromatic carbocycles. The molecule has 4 amide bonds. The molecule has 3 N–H and O–H groups in total. The molecule has 1 atom stereocenters. The van der Waals surface area contributed by atoms with E-state index in [1.54, 1.807) is 39.0 Å². The van der Waals surface area contributed by atoms with Crippen LogP contribution in [0.3, 0.4) is 0 Å². The van der Waals surface area contributed by atoms with Crippen LogP contribution in [0, 0.1) is 11.3 Å². The van der Waals surface area contributed by atoms with Crippen LogP contribution in [-0.4, -0.2) is 87.5 Å². The molecule has 1 unspecified atom stereocenters. The number of piperazine rings is 1. The minimum atomic E-state index is -0.914. The standard InChI is InChI=1S/C32H37ClN8O6/c1-32(2,3)47-31(45)41(20-21-5-8-24(9-6-21)39-11-13-40(14-12-39)30(43)44)27(33)16-22-7-10-25(26(15-22)46-4)37-29(42)38-28-19-35-23(17-34)18-36-28/h5-10,15,18-19,27H,11-14,16,20H2,1-4H3,(H,43,44)(H2,36,37,38,42). The lowest BCUT2D eigenvalue weighted by Gasteiger charge is -2.34. The monoisotopic (exact) mass is 664 g/mol. The number of nitriles is 1. The number of rotatable bonds is 9. The molecular weight excluding hydrogens is 628 g/mol. The van der Waals surface area contributed by atoms with Gasteiger partial charge in [0.15, 0.2) is 11.5 Å². The zero-order valence-electron chi connectivity index (χ0n) is 26.6. The molecule has 0 aliphatic carbocycles. The number of amides is 4. The third kappa shape index (κ3) is 9.85. The molecule has 1 aromatic heterocycles. The molecule has 0 spiro atoms. The summed E-state index contributed by atoms with van der Waals surface area (Å²) >= 11 is 6.89. The van der Waals surface area contributed by atoms with Crippen LogP contribution in [-0.2, 0) is 17.7 Å². The highest BCUT2D eigenvalue weighted by Crippen LogP contribution is 2.28. The highest BCUT2D eigenvalue weighted by atomic mass is 35.5. The quantitative estimate of drug-likeness (QED) is 0.200. The van der Waals surface area contributed by atoms with Gasteiger partial charge in [-0.1, -0.05) is 29.8 Å². The van der Waals surface area contributed by atoms with Crippen LogP contribution in [0.1, 0.15) is 37.6 Å². The molecule has 3 aromatic rings. The van der Waals surface area contributed by atoms with Crippen LogP contribution in [0.2, 0.25) is 0 Å². The lowest BCUT2D eigenvalue weighted by molar-refractivity contribution is 0.0205. The Morgan fingerprint density at radius 3 is 2.30 bits per heavy atom. The van der Waals surface area contributed by atoms with Crippen molar-refractivity contribution in [1.29, 1.82) is 5.26 Å². The van der Waals surface area contributed by atoms with Gasteiger partial charge >= 0.3 is 18.2 Å². The second kappa shape index (κ2) is 15.3. The molecule has 4 rings (SSSR count). The summed E-state index contributed by atoms with van der Waals surface area (Å²) in [4.78, 5) is 49.9.